The first-order chi connectivity index (χ1) is 7.79. The Bertz CT molecular complexity index is 344. The van der Waals surface area contributed by atoms with E-state index in [-0.39, 0.29) is 5.92 Å². The SMILES string of the molecule is CC(CNC(C)C)Cn1ccc(C(F)(F)F)n1. The Morgan fingerprint density at radius 3 is 2.47 bits per heavy atom. The van der Waals surface area contributed by atoms with Gasteiger partial charge in [-0.3, -0.25) is 4.68 Å². The lowest BCUT2D eigenvalue weighted by Gasteiger charge is -2.14. The number of aromatic nitrogens is 2. The van der Waals surface area contributed by atoms with Crippen LogP contribution in [0.25, 0.3) is 0 Å². The summed E-state index contributed by atoms with van der Waals surface area (Å²) in [5, 5.41) is 6.75. The van der Waals surface area contributed by atoms with E-state index in [4.69, 9.17) is 0 Å². The molecule has 1 aromatic heterocycles. The highest BCUT2D eigenvalue weighted by Crippen LogP contribution is 2.27. The van der Waals surface area contributed by atoms with E-state index >= 15 is 0 Å². The number of nitrogens with zero attached hydrogens (tertiary/aromatic N) is 2. The van der Waals surface area contributed by atoms with Crippen molar-refractivity contribution in [3.8, 4) is 0 Å². The molecule has 1 N–H and O–H groups in total. The third kappa shape index (κ3) is 4.77. The Kier molecular flexibility index (Phi) is 4.56. The second kappa shape index (κ2) is 5.53. The predicted octanol–water partition coefficient (Wildman–Crippen LogP) is 2.54. The van der Waals surface area contributed by atoms with Gasteiger partial charge in [0.2, 0.25) is 0 Å². The molecule has 1 heterocycles. The summed E-state index contributed by atoms with van der Waals surface area (Å²) in [5.74, 6) is 0.235. The van der Waals surface area contributed by atoms with Crippen LogP contribution >= 0.6 is 0 Å². The van der Waals surface area contributed by atoms with Crippen LogP contribution in [0.4, 0.5) is 13.2 Å². The molecular formula is C11H18F3N3. The van der Waals surface area contributed by atoms with E-state index < -0.39 is 11.9 Å². The smallest absolute Gasteiger partial charge is 0.314 e. The zero-order chi connectivity index (χ0) is 13.1. The van der Waals surface area contributed by atoms with Crippen molar-refractivity contribution >= 4 is 0 Å². The van der Waals surface area contributed by atoms with Gasteiger partial charge in [-0.05, 0) is 18.5 Å². The molecule has 0 aliphatic carbocycles. The Balaban J connectivity index is 2.49. The van der Waals surface area contributed by atoms with Crippen LogP contribution in [0.15, 0.2) is 12.3 Å². The van der Waals surface area contributed by atoms with Gasteiger partial charge in [0, 0.05) is 18.8 Å². The zero-order valence-corrected chi connectivity index (χ0v) is 10.3. The van der Waals surface area contributed by atoms with Crippen molar-refractivity contribution in [2.24, 2.45) is 5.92 Å². The second-order valence-electron chi connectivity index (χ2n) is 4.59. The molecule has 0 spiro atoms. The molecule has 0 aliphatic heterocycles. The lowest BCUT2D eigenvalue weighted by atomic mass is 10.2. The standard InChI is InChI=1S/C11H18F3N3/c1-8(2)15-6-9(3)7-17-5-4-10(16-17)11(12,13)14/h4-5,8-9,15H,6-7H2,1-3H3. The molecule has 17 heavy (non-hydrogen) atoms. The number of halogens is 3. The summed E-state index contributed by atoms with van der Waals surface area (Å²) in [6, 6.07) is 1.38. The van der Waals surface area contributed by atoms with Crippen LogP contribution in [-0.2, 0) is 12.7 Å². The number of rotatable bonds is 5. The maximum Gasteiger partial charge on any atom is 0.435 e. The number of nitrogens with one attached hydrogen (secondary N) is 1. The van der Waals surface area contributed by atoms with E-state index in [1.807, 2.05) is 20.8 Å². The minimum atomic E-state index is -4.36. The number of hydrogen-bond acceptors (Lipinski definition) is 2. The highest BCUT2D eigenvalue weighted by molar-refractivity contribution is 5.03. The molecule has 0 amide bonds. The first-order valence-corrected chi connectivity index (χ1v) is 5.63. The lowest BCUT2D eigenvalue weighted by Crippen LogP contribution is -2.29. The van der Waals surface area contributed by atoms with Crippen molar-refractivity contribution in [1.29, 1.82) is 0 Å². The van der Waals surface area contributed by atoms with Gasteiger partial charge in [-0.2, -0.15) is 18.3 Å². The quantitative estimate of drug-likeness (QED) is 0.869. The van der Waals surface area contributed by atoms with E-state index in [0.717, 1.165) is 12.6 Å². The van der Waals surface area contributed by atoms with E-state index in [9.17, 15) is 13.2 Å². The zero-order valence-electron chi connectivity index (χ0n) is 10.3. The monoisotopic (exact) mass is 249 g/mol. The molecule has 0 saturated heterocycles. The molecule has 6 heteroatoms. The highest BCUT2D eigenvalue weighted by Gasteiger charge is 2.33. The van der Waals surface area contributed by atoms with Gasteiger partial charge >= 0.3 is 6.18 Å². The normalized spacial score (nSPS) is 14.3. The molecule has 1 rings (SSSR count). The van der Waals surface area contributed by atoms with Crippen LogP contribution in [0.3, 0.4) is 0 Å². The molecule has 0 fully saturated rings. The summed E-state index contributed by atoms with van der Waals surface area (Å²) in [4.78, 5) is 0. The van der Waals surface area contributed by atoms with Crippen LogP contribution in [0, 0.1) is 5.92 Å². The van der Waals surface area contributed by atoms with Gasteiger partial charge in [-0.25, -0.2) is 0 Å². The molecule has 98 valence electrons. The molecule has 0 bridgehead atoms. The Morgan fingerprint density at radius 2 is 2.00 bits per heavy atom. The van der Waals surface area contributed by atoms with Gasteiger partial charge in [0.05, 0.1) is 0 Å². The lowest BCUT2D eigenvalue weighted by molar-refractivity contribution is -0.141. The predicted molar refractivity (Wildman–Crippen MR) is 59.5 cm³/mol. The van der Waals surface area contributed by atoms with Crippen LogP contribution in [0.5, 0.6) is 0 Å². The Morgan fingerprint density at radius 1 is 1.35 bits per heavy atom. The summed E-state index contributed by atoms with van der Waals surface area (Å²) < 4.78 is 38.3. The molecule has 0 saturated carbocycles. The first kappa shape index (κ1) is 14.0. The van der Waals surface area contributed by atoms with Gasteiger partial charge in [-0.15, -0.1) is 0 Å². The summed E-state index contributed by atoms with van der Waals surface area (Å²) in [5.41, 5.74) is -0.832. The number of alkyl halides is 3. The third-order valence-electron chi connectivity index (χ3n) is 2.30. The summed E-state index contributed by atoms with van der Waals surface area (Å²) in [7, 11) is 0. The fourth-order valence-corrected chi connectivity index (χ4v) is 1.44. The molecule has 1 aromatic rings. The van der Waals surface area contributed by atoms with Crippen molar-refractivity contribution in [3.05, 3.63) is 18.0 Å². The van der Waals surface area contributed by atoms with E-state index in [2.05, 4.69) is 10.4 Å². The van der Waals surface area contributed by atoms with E-state index in [1.54, 1.807) is 0 Å². The van der Waals surface area contributed by atoms with Crippen LogP contribution < -0.4 is 5.32 Å². The Labute approximate surface area is 99.0 Å². The largest absolute Gasteiger partial charge is 0.435 e. The summed E-state index contributed by atoms with van der Waals surface area (Å²) in [6.07, 6.45) is -2.99. The van der Waals surface area contributed by atoms with Gasteiger partial charge in [0.1, 0.15) is 0 Å². The van der Waals surface area contributed by atoms with E-state index in [1.165, 1.54) is 10.9 Å². The van der Waals surface area contributed by atoms with Crippen molar-refractivity contribution in [3.63, 3.8) is 0 Å². The molecule has 1 atom stereocenters. The van der Waals surface area contributed by atoms with Gasteiger partial charge in [-0.1, -0.05) is 20.8 Å². The topological polar surface area (TPSA) is 29.9 Å². The van der Waals surface area contributed by atoms with Gasteiger partial charge < -0.3 is 5.32 Å². The van der Waals surface area contributed by atoms with Crippen LogP contribution in [0.1, 0.15) is 26.5 Å². The average Bonchev–Trinajstić information content (AvgIpc) is 2.62. The first-order valence-electron chi connectivity index (χ1n) is 5.63. The highest BCUT2D eigenvalue weighted by atomic mass is 19.4. The van der Waals surface area contributed by atoms with Gasteiger partial charge in [0.25, 0.3) is 0 Å². The fourth-order valence-electron chi connectivity index (χ4n) is 1.44. The summed E-state index contributed by atoms with van der Waals surface area (Å²) >= 11 is 0. The Hall–Kier alpha value is -1.04. The van der Waals surface area contributed by atoms with Crippen molar-refractivity contribution in [2.45, 2.75) is 39.5 Å². The molecule has 3 nitrogen and oxygen atoms in total. The maximum atomic E-state index is 12.3. The van der Waals surface area contributed by atoms with E-state index in [0.29, 0.717) is 12.6 Å². The minimum Gasteiger partial charge on any atom is -0.314 e. The summed E-state index contributed by atoms with van der Waals surface area (Å²) in [6.45, 7) is 7.28. The molecule has 0 aliphatic rings. The molecule has 1 unspecified atom stereocenters. The maximum absolute atomic E-state index is 12.3. The molecular weight excluding hydrogens is 231 g/mol. The van der Waals surface area contributed by atoms with Crippen LogP contribution in [0.2, 0.25) is 0 Å². The second-order valence-corrected chi connectivity index (χ2v) is 4.59. The fraction of sp³-hybridized carbons (Fsp3) is 0.727. The molecule has 0 radical (unpaired) electrons. The average molecular weight is 249 g/mol. The third-order valence-corrected chi connectivity index (χ3v) is 2.30. The van der Waals surface area contributed by atoms with Crippen molar-refractivity contribution in [2.75, 3.05) is 6.54 Å². The molecule has 0 aromatic carbocycles. The minimum absolute atomic E-state index is 0.235. The van der Waals surface area contributed by atoms with Crippen molar-refractivity contribution < 1.29 is 13.2 Å². The van der Waals surface area contributed by atoms with Crippen LogP contribution in [-0.4, -0.2) is 22.4 Å². The van der Waals surface area contributed by atoms with Crippen molar-refractivity contribution in [1.82, 2.24) is 15.1 Å². The van der Waals surface area contributed by atoms with Gasteiger partial charge in [0.15, 0.2) is 5.69 Å². The number of hydrogen-bond donors (Lipinski definition) is 1.